The Balaban J connectivity index is 2.07. The molecule has 1 aromatic carbocycles. The van der Waals surface area contributed by atoms with Crippen LogP contribution in [0.5, 0.6) is 5.75 Å². The summed E-state index contributed by atoms with van der Waals surface area (Å²) in [6, 6.07) is 6.29. The topological polar surface area (TPSA) is 38.3 Å². The highest BCUT2D eigenvalue weighted by atomic mass is 16.5. The molecule has 1 aliphatic carbocycles. The zero-order valence-corrected chi connectivity index (χ0v) is 10.2. The highest BCUT2D eigenvalue weighted by molar-refractivity contribution is 5.92. The SMILES string of the molecule is COc1ccc(C)cc1C=CC(=O)NC1CC1. The molecule has 0 aromatic heterocycles. The van der Waals surface area contributed by atoms with E-state index in [1.807, 2.05) is 25.1 Å². The number of rotatable bonds is 4. The first-order valence-electron chi connectivity index (χ1n) is 5.82. The largest absolute Gasteiger partial charge is 0.496 e. The number of methoxy groups -OCH3 is 1. The second-order valence-corrected chi connectivity index (χ2v) is 4.36. The number of benzene rings is 1. The second-order valence-electron chi connectivity index (χ2n) is 4.36. The van der Waals surface area contributed by atoms with Gasteiger partial charge in [0.2, 0.25) is 5.91 Å². The van der Waals surface area contributed by atoms with Crippen molar-refractivity contribution < 1.29 is 9.53 Å². The van der Waals surface area contributed by atoms with Crippen LogP contribution in [0.1, 0.15) is 24.0 Å². The molecule has 1 aromatic rings. The Morgan fingerprint density at radius 3 is 2.88 bits per heavy atom. The molecule has 1 saturated carbocycles. The second kappa shape index (κ2) is 5.04. The Morgan fingerprint density at radius 2 is 2.24 bits per heavy atom. The molecule has 90 valence electrons. The van der Waals surface area contributed by atoms with Crippen LogP contribution < -0.4 is 10.1 Å². The number of carbonyl (C=O) groups is 1. The number of ether oxygens (including phenoxy) is 1. The maximum atomic E-state index is 11.5. The average Bonchev–Trinajstić information content (AvgIpc) is 3.10. The summed E-state index contributed by atoms with van der Waals surface area (Å²) in [5, 5.41) is 2.91. The van der Waals surface area contributed by atoms with Gasteiger partial charge in [-0.15, -0.1) is 0 Å². The van der Waals surface area contributed by atoms with Gasteiger partial charge < -0.3 is 10.1 Å². The summed E-state index contributed by atoms with van der Waals surface area (Å²) in [5.74, 6) is 0.752. The van der Waals surface area contributed by atoms with Gasteiger partial charge in [0.05, 0.1) is 7.11 Å². The van der Waals surface area contributed by atoms with Crippen LogP contribution in [0.4, 0.5) is 0 Å². The highest BCUT2D eigenvalue weighted by Gasteiger charge is 2.22. The quantitative estimate of drug-likeness (QED) is 0.807. The molecule has 3 heteroatoms. The van der Waals surface area contributed by atoms with Crippen molar-refractivity contribution in [3.05, 3.63) is 35.4 Å². The third-order valence-corrected chi connectivity index (χ3v) is 2.72. The summed E-state index contributed by atoms with van der Waals surface area (Å²) < 4.78 is 5.24. The molecule has 3 nitrogen and oxygen atoms in total. The number of aryl methyl sites for hydroxylation is 1. The van der Waals surface area contributed by atoms with E-state index in [9.17, 15) is 4.79 Å². The van der Waals surface area contributed by atoms with Crippen molar-refractivity contribution in [3.8, 4) is 5.75 Å². The molecule has 0 heterocycles. The summed E-state index contributed by atoms with van der Waals surface area (Å²) >= 11 is 0. The minimum Gasteiger partial charge on any atom is -0.496 e. The van der Waals surface area contributed by atoms with Crippen molar-refractivity contribution in [1.29, 1.82) is 0 Å². The number of hydrogen-bond donors (Lipinski definition) is 1. The van der Waals surface area contributed by atoms with Crippen LogP contribution in [-0.4, -0.2) is 19.1 Å². The standard InChI is InChI=1S/C14H17NO2/c1-10-3-7-13(17-2)11(9-10)4-8-14(16)15-12-5-6-12/h3-4,7-9,12H,5-6H2,1-2H3,(H,15,16). The van der Waals surface area contributed by atoms with E-state index in [0.717, 1.165) is 29.7 Å². The van der Waals surface area contributed by atoms with E-state index in [4.69, 9.17) is 4.74 Å². The van der Waals surface area contributed by atoms with Crippen LogP contribution in [0.2, 0.25) is 0 Å². The molecule has 0 saturated heterocycles. The minimum atomic E-state index is -0.0314. The van der Waals surface area contributed by atoms with Gasteiger partial charge in [-0.05, 0) is 38.0 Å². The molecule has 0 unspecified atom stereocenters. The molecule has 0 spiro atoms. The lowest BCUT2D eigenvalue weighted by molar-refractivity contribution is -0.116. The van der Waals surface area contributed by atoms with Crippen molar-refractivity contribution in [2.45, 2.75) is 25.8 Å². The molecule has 0 atom stereocenters. The third kappa shape index (κ3) is 3.34. The van der Waals surface area contributed by atoms with E-state index in [1.165, 1.54) is 0 Å². The van der Waals surface area contributed by atoms with Crippen molar-refractivity contribution in [2.75, 3.05) is 7.11 Å². The van der Waals surface area contributed by atoms with E-state index in [0.29, 0.717) is 6.04 Å². The van der Waals surface area contributed by atoms with E-state index in [2.05, 4.69) is 5.32 Å². The van der Waals surface area contributed by atoms with Gasteiger partial charge in [-0.1, -0.05) is 11.6 Å². The number of amides is 1. The molecule has 1 amide bonds. The summed E-state index contributed by atoms with van der Waals surface area (Å²) in [5.41, 5.74) is 2.08. The lowest BCUT2D eigenvalue weighted by atomic mass is 10.1. The minimum absolute atomic E-state index is 0.0314. The van der Waals surface area contributed by atoms with Crippen molar-refractivity contribution >= 4 is 12.0 Å². The molecule has 0 aliphatic heterocycles. The fourth-order valence-electron chi connectivity index (χ4n) is 1.63. The summed E-state index contributed by atoms with van der Waals surface area (Å²) in [6.45, 7) is 2.01. The normalized spacial score (nSPS) is 14.9. The lowest BCUT2D eigenvalue weighted by Gasteiger charge is -2.05. The van der Waals surface area contributed by atoms with Gasteiger partial charge in [0.15, 0.2) is 0 Å². The van der Waals surface area contributed by atoms with Crippen LogP contribution >= 0.6 is 0 Å². The number of carbonyl (C=O) groups excluding carboxylic acids is 1. The van der Waals surface area contributed by atoms with E-state index in [1.54, 1.807) is 19.3 Å². The van der Waals surface area contributed by atoms with E-state index < -0.39 is 0 Å². The highest BCUT2D eigenvalue weighted by Crippen LogP contribution is 2.21. The number of hydrogen-bond acceptors (Lipinski definition) is 2. The Labute approximate surface area is 101 Å². The maximum Gasteiger partial charge on any atom is 0.244 e. The Morgan fingerprint density at radius 1 is 1.47 bits per heavy atom. The summed E-state index contributed by atoms with van der Waals surface area (Å²) in [6.07, 6.45) is 5.57. The van der Waals surface area contributed by atoms with Gasteiger partial charge in [-0.2, -0.15) is 0 Å². The monoisotopic (exact) mass is 231 g/mol. The Kier molecular flexibility index (Phi) is 3.47. The van der Waals surface area contributed by atoms with Gasteiger partial charge in [-0.25, -0.2) is 0 Å². The first-order chi connectivity index (χ1) is 8.19. The fourth-order valence-corrected chi connectivity index (χ4v) is 1.63. The van der Waals surface area contributed by atoms with Gasteiger partial charge in [0.25, 0.3) is 0 Å². The zero-order chi connectivity index (χ0) is 12.3. The van der Waals surface area contributed by atoms with E-state index in [-0.39, 0.29) is 5.91 Å². The van der Waals surface area contributed by atoms with Crippen molar-refractivity contribution in [3.63, 3.8) is 0 Å². The predicted molar refractivity (Wildman–Crippen MR) is 67.9 cm³/mol. The first-order valence-corrected chi connectivity index (χ1v) is 5.82. The fraction of sp³-hybridized carbons (Fsp3) is 0.357. The van der Waals surface area contributed by atoms with Crippen LogP contribution in [0.25, 0.3) is 6.08 Å². The summed E-state index contributed by atoms with van der Waals surface area (Å²) in [4.78, 5) is 11.5. The van der Waals surface area contributed by atoms with Crippen molar-refractivity contribution in [1.82, 2.24) is 5.32 Å². The van der Waals surface area contributed by atoms with Gasteiger partial charge in [0, 0.05) is 17.7 Å². The molecule has 0 radical (unpaired) electrons. The van der Waals surface area contributed by atoms with Crippen molar-refractivity contribution in [2.24, 2.45) is 0 Å². The molecule has 17 heavy (non-hydrogen) atoms. The average molecular weight is 231 g/mol. The molecular weight excluding hydrogens is 214 g/mol. The molecule has 1 aliphatic rings. The summed E-state index contributed by atoms with van der Waals surface area (Å²) in [7, 11) is 1.63. The van der Waals surface area contributed by atoms with Crippen LogP contribution in [0, 0.1) is 6.92 Å². The van der Waals surface area contributed by atoms with E-state index >= 15 is 0 Å². The van der Waals surface area contributed by atoms with Crippen LogP contribution in [0.3, 0.4) is 0 Å². The van der Waals surface area contributed by atoms with Gasteiger partial charge in [-0.3, -0.25) is 4.79 Å². The molecular formula is C14H17NO2. The lowest BCUT2D eigenvalue weighted by Crippen LogP contribution is -2.22. The predicted octanol–water partition coefficient (Wildman–Crippen LogP) is 2.30. The molecule has 0 bridgehead atoms. The first kappa shape index (κ1) is 11.7. The Hall–Kier alpha value is -1.77. The Bertz CT molecular complexity index is 448. The van der Waals surface area contributed by atoms with Gasteiger partial charge >= 0.3 is 0 Å². The zero-order valence-electron chi connectivity index (χ0n) is 10.2. The van der Waals surface area contributed by atoms with Crippen LogP contribution in [0.15, 0.2) is 24.3 Å². The third-order valence-electron chi connectivity index (χ3n) is 2.72. The van der Waals surface area contributed by atoms with Crippen LogP contribution in [-0.2, 0) is 4.79 Å². The van der Waals surface area contributed by atoms with Gasteiger partial charge in [0.1, 0.15) is 5.75 Å². The number of nitrogens with one attached hydrogen (secondary N) is 1. The molecule has 2 rings (SSSR count). The molecule has 1 fully saturated rings. The smallest absolute Gasteiger partial charge is 0.244 e. The molecule has 1 N–H and O–H groups in total. The maximum absolute atomic E-state index is 11.5.